The Morgan fingerprint density at radius 1 is 1.47 bits per heavy atom. The highest BCUT2D eigenvalue weighted by Gasteiger charge is 2.16. The van der Waals surface area contributed by atoms with Crippen LogP contribution < -0.4 is 16.6 Å². The van der Waals surface area contributed by atoms with E-state index in [1.165, 1.54) is 6.33 Å². The number of nitrogens with one attached hydrogen (secondary N) is 3. The number of benzene rings is 1. The van der Waals surface area contributed by atoms with Crippen molar-refractivity contribution in [3.63, 3.8) is 0 Å². The second-order valence-electron chi connectivity index (χ2n) is 4.26. The molecular formula is C12H16N6O. The van der Waals surface area contributed by atoms with Crippen LogP contribution >= 0.6 is 0 Å². The highest BCUT2D eigenvalue weighted by molar-refractivity contribution is 5.99. The largest absolute Gasteiger partial charge is 0.342 e. The normalized spacial score (nSPS) is 11.9. The van der Waals surface area contributed by atoms with Crippen molar-refractivity contribution < 1.29 is 4.79 Å². The van der Waals surface area contributed by atoms with E-state index in [1.807, 2.05) is 26.0 Å². The summed E-state index contributed by atoms with van der Waals surface area (Å²) in [5.74, 6) is 5.80. The summed E-state index contributed by atoms with van der Waals surface area (Å²) in [6, 6.07) is 5.14. The molecule has 0 aliphatic carbocycles. The number of aryl methyl sites for hydroxylation is 1. The molecule has 0 aliphatic heterocycles. The fourth-order valence-electron chi connectivity index (χ4n) is 1.74. The predicted octanol–water partition coefficient (Wildman–Crippen LogP) is 0.890. The average molecular weight is 260 g/mol. The van der Waals surface area contributed by atoms with E-state index in [2.05, 4.69) is 25.9 Å². The molecule has 1 atom stereocenters. The molecule has 1 aromatic carbocycles. The number of nitrogens with zero attached hydrogens (tertiary/aromatic N) is 2. The Bertz CT molecular complexity index is 566. The third-order valence-corrected chi connectivity index (χ3v) is 2.77. The van der Waals surface area contributed by atoms with Crippen molar-refractivity contribution in [3.05, 3.63) is 41.5 Å². The van der Waals surface area contributed by atoms with Crippen molar-refractivity contribution in [1.82, 2.24) is 20.5 Å². The van der Waals surface area contributed by atoms with Crippen LogP contribution in [0, 0.1) is 6.92 Å². The van der Waals surface area contributed by atoms with Crippen LogP contribution in [-0.2, 0) is 0 Å². The van der Waals surface area contributed by atoms with Gasteiger partial charge in [-0.2, -0.15) is 5.10 Å². The Kier molecular flexibility index (Phi) is 3.76. The molecule has 7 heteroatoms. The molecule has 2 aromatic rings. The van der Waals surface area contributed by atoms with Gasteiger partial charge in [-0.15, -0.1) is 0 Å². The number of rotatable bonds is 4. The van der Waals surface area contributed by atoms with Gasteiger partial charge < -0.3 is 10.7 Å². The number of nitrogens with two attached hydrogens (primary N) is 1. The van der Waals surface area contributed by atoms with Gasteiger partial charge in [0.05, 0.1) is 17.3 Å². The van der Waals surface area contributed by atoms with E-state index in [-0.39, 0.29) is 11.9 Å². The van der Waals surface area contributed by atoms with Gasteiger partial charge in [-0.25, -0.2) is 4.98 Å². The molecule has 1 amide bonds. The number of hydrogen-bond acceptors (Lipinski definition) is 5. The molecule has 0 aliphatic rings. The van der Waals surface area contributed by atoms with Gasteiger partial charge in [-0.3, -0.25) is 15.7 Å². The minimum atomic E-state index is -0.262. The highest BCUT2D eigenvalue weighted by atomic mass is 16.1. The lowest BCUT2D eigenvalue weighted by molar-refractivity contribution is 0.0939. The maximum Gasteiger partial charge on any atom is 0.254 e. The minimum Gasteiger partial charge on any atom is -0.342 e. The smallest absolute Gasteiger partial charge is 0.254 e. The molecule has 7 nitrogen and oxygen atoms in total. The number of amides is 1. The van der Waals surface area contributed by atoms with Crippen LogP contribution in [0.25, 0.3) is 0 Å². The Balaban J connectivity index is 2.16. The molecule has 100 valence electrons. The molecule has 1 heterocycles. The third-order valence-electron chi connectivity index (χ3n) is 2.77. The van der Waals surface area contributed by atoms with Gasteiger partial charge in [0.25, 0.3) is 5.91 Å². The molecule has 0 saturated carbocycles. The lowest BCUT2D eigenvalue weighted by Crippen LogP contribution is -2.28. The number of anilines is 1. The zero-order valence-electron chi connectivity index (χ0n) is 10.8. The number of hydrazine groups is 1. The molecule has 0 radical (unpaired) electrons. The zero-order chi connectivity index (χ0) is 13.8. The molecular weight excluding hydrogens is 244 g/mol. The molecule has 0 fully saturated rings. The van der Waals surface area contributed by atoms with Gasteiger partial charge in [0, 0.05) is 0 Å². The van der Waals surface area contributed by atoms with Crippen LogP contribution in [0.3, 0.4) is 0 Å². The first-order valence-electron chi connectivity index (χ1n) is 5.85. The molecule has 0 bridgehead atoms. The second-order valence-corrected chi connectivity index (χ2v) is 4.26. The van der Waals surface area contributed by atoms with Crippen LogP contribution in [0.1, 0.15) is 34.7 Å². The summed E-state index contributed by atoms with van der Waals surface area (Å²) in [6.45, 7) is 3.75. The van der Waals surface area contributed by atoms with E-state index in [9.17, 15) is 4.79 Å². The van der Waals surface area contributed by atoms with E-state index in [0.29, 0.717) is 17.1 Å². The number of hydrogen-bond donors (Lipinski definition) is 4. The van der Waals surface area contributed by atoms with Crippen LogP contribution in [0.15, 0.2) is 24.5 Å². The number of aromatic amines is 1. The quantitative estimate of drug-likeness (QED) is 0.482. The first kappa shape index (κ1) is 13.0. The summed E-state index contributed by atoms with van der Waals surface area (Å²) in [5, 5.41) is 9.29. The zero-order valence-corrected chi connectivity index (χ0v) is 10.8. The Labute approximate surface area is 110 Å². The summed E-state index contributed by atoms with van der Waals surface area (Å²) in [7, 11) is 0. The summed E-state index contributed by atoms with van der Waals surface area (Å²) in [5.41, 5.74) is 4.62. The van der Waals surface area contributed by atoms with E-state index in [0.717, 1.165) is 5.56 Å². The number of aromatic nitrogens is 3. The monoisotopic (exact) mass is 260 g/mol. The van der Waals surface area contributed by atoms with Crippen molar-refractivity contribution in [1.29, 1.82) is 0 Å². The van der Waals surface area contributed by atoms with Gasteiger partial charge in [0.1, 0.15) is 12.2 Å². The molecule has 0 spiro atoms. The molecule has 19 heavy (non-hydrogen) atoms. The summed E-state index contributed by atoms with van der Waals surface area (Å²) < 4.78 is 0. The van der Waals surface area contributed by atoms with Crippen molar-refractivity contribution in [2.45, 2.75) is 19.9 Å². The van der Waals surface area contributed by atoms with Gasteiger partial charge in [-0.1, -0.05) is 6.07 Å². The predicted molar refractivity (Wildman–Crippen MR) is 71.3 cm³/mol. The summed E-state index contributed by atoms with van der Waals surface area (Å²) in [6.07, 6.45) is 1.40. The maximum atomic E-state index is 12.2. The lowest BCUT2D eigenvalue weighted by Gasteiger charge is -2.14. The molecule has 1 unspecified atom stereocenters. The molecule has 0 saturated heterocycles. The van der Waals surface area contributed by atoms with Gasteiger partial charge in [-0.05, 0) is 31.5 Å². The number of H-pyrrole nitrogens is 1. The third kappa shape index (κ3) is 2.89. The fourth-order valence-corrected chi connectivity index (χ4v) is 1.74. The first-order valence-corrected chi connectivity index (χ1v) is 5.85. The number of nitrogen functional groups attached to an aromatic ring is 1. The second kappa shape index (κ2) is 5.49. The summed E-state index contributed by atoms with van der Waals surface area (Å²) in [4.78, 5) is 16.2. The SMILES string of the molecule is Cc1ccc(C(=O)NC(C)c2ncn[nH]2)c(NN)c1. The van der Waals surface area contributed by atoms with E-state index in [4.69, 9.17) is 5.84 Å². The number of carbonyl (C=O) groups is 1. The molecule has 5 N–H and O–H groups in total. The van der Waals surface area contributed by atoms with Crippen molar-refractivity contribution in [2.24, 2.45) is 5.84 Å². The van der Waals surface area contributed by atoms with Gasteiger partial charge >= 0.3 is 0 Å². The molecule has 2 rings (SSSR count). The Morgan fingerprint density at radius 2 is 2.26 bits per heavy atom. The van der Waals surface area contributed by atoms with Gasteiger partial charge in [0.2, 0.25) is 0 Å². The first-order chi connectivity index (χ1) is 9.11. The van der Waals surface area contributed by atoms with Crippen LogP contribution in [-0.4, -0.2) is 21.1 Å². The number of carbonyl (C=O) groups excluding carboxylic acids is 1. The maximum absolute atomic E-state index is 12.2. The van der Waals surface area contributed by atoms with E-state index in [1.54, 1.807) is 6.07 Å². The topological polar surface area (TPSA) is 109 Å². The lowest BCUT2D eigenvalue weighted by atomic mass is 10.1. The van der Waals surface area contributed by atoms with Crippen molar-refractivity contribution in [3.8, 4) is 0 Å². The van der Waals surface area contributed by atoms with Gasteiger partial charge in [0.15, 0.2) is 0 Å². The Hall–Kier alpha value is -2.41. The van der Waals surface area contributed by atoms with E-state index < -0.39 is 0 Å². The Morgan fingerprint density at radius 3 is 2.89 bits per heavy atom. The van der Waals surface area contributed by atoms with Crippen LogP contribution in [0.5, 0.6) is 0 Å². The fraction of sp³-hybridized carbons (Fsp3) is 0.250. The highest BCUT2D eigenvalue weighted by Crippen LogP contribution is 2.17. The van der Waals surface area contributed by atoms with E-state index >= 15 is 0 Å². The standard InChI is InChI=1S/C12H16N6O/c1-7-3-4-9(10(5-7)17-13)12(19)16-8(2)11-14-6-15-18-11/h3-6,8,17H,13H2,1-2H3,(H,16,19)(H,14,15,18). The van der Waals surface area contributed by atoms with Crippen LogP contribution in [0.2, 0.25) is 0 Å². The van der Waals surface area contributed by atoms with Crippen molar-refractivity contribution >= 4 is 11.6 Å². The van der Waals surface area contributed by atoms with Crippen LogP contribution in [0.4, 0.5) is 5.69 Å². The molecule has 1 aromatic heterocycles. The average Bonchev–Trinajstić information content (AvgIpc) is 2.92. The summed E-state index contributed by atoms with van der Waals surface area (Å²) >= 11 is 0. The van der Waals surface area contributed by atoms with Crippen molar-refractivity contribution in [2.75, 3.05) is 5.43 Å². The minimum absolute atomic E-state index is 0.225.